The van der Waals surface area contributed by atoms with Crippen LogP contribution in [-0.4, -0.2) is 20.3 Å². The van der Waals surface area contributed by atoms with Crippen LogP contribution in [0, 0.1) is 13.8 Å². The van der Waals surface area contributed by atoms with E-state index in [1.807, 2.05) is 85.1 Å². The van der Waals surface area contributed by atoms with E-state index < -0.39 is 0 Å². The molecular weight excluding hydrogens is 412 g/mol. The molecule has 3 aromatic heterocycles. The average molecular weight is 431 g/mol. The van der Waals surface area contributed by atoms with E-state index >= 15 is 0 Å². The van der Waals surface area contributed by atoms with Crippen LogP contribution in [0.2, 0.25) is 0 Å². The first-order chi connectivity index (χ1) is 14.6. The zero-order chi connectivity index (χ0) is 20.7. The fourth-order valence-corrected chi connectivity index (χ4v) is 5.21. The summed E-state index contributed by atoms with van der Waals surface area (Å²) >= 11 is 2.88. The maximum absolute atomic E-state index is 12.9. The van der Waals surface area contributed by atoms with Crippen molar-refractivity contribution in [3.8, 4) is 22.5 Å². The van der Waals surface area contributed by atoms with Crippen LogP contribution in [0.1, 0.15) is 20.2 Å². The van der Waals surface area contributed by atoms with Gasteiger partial charge in [-0.25, -0.2) is 9.97 Å². The highest BCUT2D eigenvalue weighted by Crippen LogP contribution is 2.32. The number of hydrogen-bond acceptors (Lipinski definition) is 5. The molecule has 0 saturated heterocycles. The number of rotatable bonds is 4. The smallest absolute Gasteiger partial charge is 0.269 e. The van der Waals surface area contributed by atoms with Gasteiger partial charge in [0.05, 0.1) is 11.4 Å². The molecule has 0 aliphatic carbocycles. The lowest BCUT2D eigenvalue weighted by Crippen LogP contribution is -2.11. The van der Waals surface area contributed by atoms with Crippen LogP contribution in [0.5, 0.6) is 0 Å². The van der Waals surface area contributed by atoms with Gasteiger partial charge in [0.1, 0.15) is 4.88 Å². The topological polar surface area (TPSA) is 59.3 Å². The van der Waals surface area contributed by atoms with Crippen molar-refractivity contribution < 1.29 is 4.79 Å². The molecule has 0 spiro atoms. The molecule has 0 radical (unpaired) electrons. The number of anilines is 1. The van der Waals surface area contributed by atoms with E-state index in [0.717, 1.165) is 38.0 Å². The van der Waals surface area contributed by atoms with Crippen LogP contribution in [0.3, 0.4) is 0 Å². The first kappa shape index (κ1) is 18.7. The summed E-state index contributed by atoms with van der Waals surface area (Å²) in [5, 5.41) is 3.57. The molecule has 2 aromatic carbocycles. The summed E-state index contributed by atoms with van der Waals surface area (Å²) in [6.45, 7) is 3.96. The molecule has 0 bridgehead atoms. The molecule has 7 heteroatoms. The van der Waals surface area contributed by atoms with Crippen molar-refractivity contribution in [2.75, 3.05) is 5.32 Å². The van der Waals surface area contributed by atoms with Crippen molar-refractivity contribution in [1.29, 1.82) is 0 Å². The van der Waals surface area contributed by atoms with E-state index in [9.17, 15) is 4.79 Å². The standard InChI is InChI=1S/C23H18N4OS2/c1-14-20(30-23-24-18(13-27(14)23)16-9-5-3-6-10-16)21(28)26-22-25-19(15(2)29-22)17-11-7-4-8-12-17/h3-13H,1-2H3,(H,25,26,28). The van der Waals surface area contributed by atoms with E-state index in [0.29, 0.717) is 10.0 Å². The first-order valence-electron chi connectivity index (χ1n) is 9.48. The summed E-state index contributed by atoms with van der Waals surface area (Å²) in [5.74, 6) is -0.155. The van der Waals surface area contributed by atoms with Gasteiger partial charge in [-0.1, -0.05) is 72.0 Å². The Kier molecular flexibility index (Phi) is 4.69. The molecular formula is C23H18N4OS2. The number of fused-ring (bicyclic) bond motifs is 1. The van der Waals surface area contributed by atoms with Gasteiger partial charge in [0.15, 0.2) is 10.1 Å². The highest BCUT2D eigenvalue weighted by molar-refractivity contribution is 7.19. The molecule has 5 aromatic rings. The van der Waals surface area contributed by atoms with Crippen molar-refractivity contribution in [3.05, 3.63) is 82.3 Å². The van der Waals surface area contributed by atoms with Gasteiger partial charge in [0.25, 0.3) is 5.91 Å². The van der Waals surface area contributed by atoms with Crippen LogP contribution in [0.25, 0.3) is 27.5 Å². The number of aryl methyl sites for hydroxylation is 2. The third kappa shape index (κ3) is 3.32. The third-order valence-electron chi connectivity index (χ3n) is 4.90. The Labute approximate surface area is 181 Å². The van der Waals surface area contributed by atoms with Crippen LogP contribution in [0.15, 0.2) is 66.9 Å². The molecule has 0 fully saturated rings. The average Bonchev–Trinajstić information content (AvgIpc) is 3.43. The number of carbonyl (C=O) groups is 1. The SMILES string of the molecule is Cc1sc(NC(=O)c2sc3nc(-c4ccccc4)cn3c2C)nc1-c1ccccc1. The summed E-state index contributed by atoms with van der Waals surface area (Å²) < 4.78 is 1.98. The van der Waals surface area contributed by atoms with Crippen molar-refractivity contribution in [2.24, 2.45) is 0 Å². The molecule has 1 amide bonds. The molecule has 5 rings (SSSR count). The Morgan fingerprint density at radius 1 is 0.900 bits per heavy atom. The van der Waals surface area contributed by atoms with Gasteiger partial charge in [-0.2, -0.15) is 0 Å². The Bertz CT molecular complexity index is 1350. The van der Waals surface area contributed by atoms with Crippen LogP contribution in [-0.2, 0) is 0 Å². The van der Waals surface area contributed by atoms with Crippen LogP contribution < -0.4 is 5.32 Å². The van der Waals surface area contributed by atoms with Gasteiger partial charge < -0.3 is 0 Å². The molecule has 30 heavy (non-hydrogen) atoms. The van der Waals surface area contributed by atoms with Gasteiger partial charge in [0, 0.05) is 27.9 Å². The van der Waals surface area contributed by atoms with E-state index in [1.165, 1.54) is 22.7 Å². The normalized spacial score (nSPS) is 11.1. The zero-order valence-corrected chi connectivity index (χ0v) is 18.1. The molecule has 0 aliphatic heterocycles. The number of nitrogens with one attached hydrogen (secondary N) is 1. The predicted molar refractivity (Wildman–Crippen MR) is 123 cm³/mol. The second-order valence-electron chi connectivity index (χ2n) is 6.91. The minimum Gasteiger partial charge on any atom is -0.297 e. The van der Waals surface area contributed by atoms with Crippen LogP contribution in [0.4, 0.5) is 5.13 Å². The zero-order valence-electron chi connectivity index (χ0n) is 16.4. The molecule has 0 atom stereocenters. The number of aromatic nitrogens is 3. The molecule has 0 unspecified atom stereocenters. The third-order valence-corrected chi connectivity index (χ3v) is 6.94. The molecule has 5 nitrogen and oxygen atoms in total. The maximum Gasteiger partial charge on any atom is 0.269 e. The number of carbonyl (C=O) groups excluding carboxylic acids is 1. The highest BCUT2D eigenvalue weighted by atomic mass is 32.1. The minimum absolute atomic E-state index is 0.155. The van der Waals surface area contributed by atoms with Gasteiger partial charge in [-0.15, -0.1) is 11.3 Å². The molecule has 3 heterocycles. The summed E-state index contributed by atoms with van der Waals surface area (Å²) in [5.41, 5.74) is 4.79. The predicted octanol–water partition coefficient (Wildman–Crippen LogP) is 6.06. The lowest BCUT2D eigenvalue weighted by atomic mass is 10.1. The molecule has 0 aliphatic rings. The molecule has 148 valence electrons. The quantitative estimate of drug-likeness (QED) is 0.377. The van der Waals surface area contributed by atoms with Crippen molar-refractivity contribution in [1.82, 2.24) is 14.4 Å². The second-order valence-corrected chi connectivity index (χ2v) is 9.09. The second kappa shape index (κ2) is 7.51. The minimum atomic E-state index is -0.155. The summed E-state index contributed by atoms with van der Waals surface area (Å²) in [6.07, 6.45) is 1.98. The largest absolute Gasteiger partial charge is 0.297 e. The maximum atomic E-state index is 12.9. The molecule has 0 saturated carbocycles. The number of hydrogen-bond donors (Lipinski definition) is 1. The fraction of sp³-hybridized carbons (Fsp3) is 0.0870. The Balaban J connectivity index is 1.42. The Hall–Kier alpha value is -3.29. The van der Waals surface area contributed by atoms with E-state index in [-0.39, 0.29) is 5.91 Å². The van der Waals surface area contributed by atoms with E-state index in [4.69, 9.17) is 4.98 Å². The number of benzene rings is 2. The van der Waals surface area contributed by atoms with Gasteiger partial charge in [-0.05, 0) is 13.8 Å². The number of amides is 1. The monoisotopic (exact) mass is 430 g/mol. The highest BCUT2D eigenvalue weighted by Gasteiger charge is 2.20. The van der Waals surface area contributed by atoms with Gasteiger partial charge in [0.2, 0.25) is 0 Å². The van der Waals surface area contributed by atoms with Crippen molar-refractivity contribution in [3.63, 3.8) is 0 Å². The first-order valence-corrected chi connectivity index (χ1v) is 11.1. The van der Waals surface area contributed by atoms with Crippen molar-refractivity contribution in [2.45, 2.75) is 13.8 Å². The van der Waals surface area contributed by atoms with Gasteiger partial charge in [-0.3, -0.25) is 14.5 Å². The van der Waals surface area contributed by atoms with Gasteiger partial charge >= 0.3 is 0 Å². The number of nitrogens with zero attached hydrogens (tertiary/aromatic N) is 3. The lowest BCUT2D eigenvalue weighted by Gasteiger charge is -2.01. The lowest BCUT2D eigenvalue weighted by molar-refractivity contribution is 0.102. The summed E-state index contributed by atoms with van der Waals surface area (Å²) in [4.78, 5) is 24.8. The Morgan fingerprint density at radius 3 is 2.23 bits per heavy atom. The van der Waals surface area contributed by atoms with Crippen molar-refractivity contribution >= 4 is 38.7 Å². The summed E-state index contributed by atoms with van der Waals surface area (Å²) in [7, 11) is 0. The van der Waals surface area contributed by atoms with Crippen LogP contribution >= 0.6 is 22.7 Å². The fourth-order valence-electron chi connectivity index (χ4n) is 3.38. The number of thiazole rings is 2. The molecule has 1 N–H and O–H groups in total. The van der Waals surface area contributed by atoms with E-state index in [1.54, 1.807) is 0 Å². The summed E-state index contributed by atoms with van der Waals surface area (Å²) in [6, 6.07) is 20.0. The van der Waals surface area contributed by atoms with E-state index in [2.05, 4.69) is 10.3 Å². The number of imidazole rings is 1. The Morgan fingerprint density at radius 2 is 1.57 bits per heavy atom.